The summed E-state index contributed by atoms with van der Waals surface area (Å²) in [5, 5.41) is 12.3. The van der Waals surface area contributed by atoms with Gasteiger partial charge in [-0.25, -0.2) is 4.98 Å². The lowest BCUT2D eigenvalue weighted by atomic mass is 9.93. The molecule has 0 unspecified atom stereocenters. The van der Waals surface area contributed by atoms with Crippen molar-refractivity contribution in [2.24, 2.45) is 5.92 Å². The maximum absolute atomic E-state index is 12.5. The van der Waals surface area contributed by atoms with Crippen molar-refractivity contribution in [3.8, 4) is 10.6 Å². The molecule has 0 bridgehead atoms. The standard InChI is InChI=1S/C24H25NO3S.H2S/c1-16(2)18-8-10-19(11-9-18)23-25-21(15-29-23)14-22(26)13-20(24(27)28)12-17-6-4-3-5-7-17;/h3-11,15-16,20H,12-14H2,1-2H3,(H,27,28);1H2/t20-;/m1./s1. The van der Waals surface area contributed by atoms with Crippen molar-refractivity contribution in [1.29, 1.82) is 0 Å². The normalized spacial score (nSPS) is 11.7. The van der Waals surface area contributed by atoms with E-state index in [2.05, 4.69) is 43.1 Å². The number of thiazole rings is 1. The van der Waals surface area contributed by atoms with E-state index in [-0.39, 0.29) is 32.1 Å². The van der Waals surface area contributed by atoms with E-state index in [0.717, 1.165) is 16.1 Å². The Morgan fingerprint density at radius 3 is 2.30 bits per heavy atom. The quantitative estimate of drug-likeness (QED) is 0.477. The Bertz CT molecular complexity index is 966. The molecule has 4 nitrogen and oxygen atoms in total. The summed E-state index contributed by atoms with van der Waals surface area (Å²) >= 11 is 1.51. The lowest BCUT2D eigenvalue weighted by molar-refractivity contribution is -0.143. The number of benzene rings is 2. The van der Waals surface area contributed by atoms with Crippen LogP contribution in [0.1, 0.15) is 43.0 Å². The van der Waals surface area contributed by atoms with E-state index in [0.29, 0.717) is 18.0 Å². The zero-order valence-corrected chi connectivity index (χ0v) is 19.0. The highest BCUT2D eigenvalue weighted by atomic mass is 32.1. The van der Waals surface area contributed by atoms with Gasteiger partial charge in [-0.3, -0.25) is 9.59 Å². The fraction of sp³-hybridized carbons (Fsp3) is 0.292. The smallest absolute Gasteiger partial charge is 0.307 e. The zero-order valence-electron chi connectivity index (χ0n) is 17.2. The molecule has 0 aliphatic heterocycles. The highest BCUT2D eigenvalue weighted by Crippen LogP contribution is 2.26. The molecule has 0 amide bonds. The molecule has 0 spiro atoms. The van der Waals surface area contributed by atoms with E-state index in [4.69, 9.17) is 0 Å². The molecule has 6 heteroatoms. The van der Waals surface area contributed by atoms with E-state index in [9.17, 15) is 14.7 Å². The molecule has 0 radical (unpaired) electrons. The zero-order chi connectivity index (χ0) is 20.8. The number of Topliss-reactive ketones (excluding diaryl/α,β-unsaturated/α-hetero) is 1. The predicted molar refractivity (Wildman–Crippen MR) is 127 cm³/mol. The van der Waals surface area contributed by atoms with Gasteiger partial charge in [0.1, 0.15) is 10.8 Å². The first-order valence-electron chi connectivity index (χ1n) is 9.75. The van der Waals surface area contributed by atoms with E-state index >= 15 is 0 Å². The van der Waals surface area contributed by atoms with Gasteiger partial charge in [0.25, 0.3) is 0 Å². The molecule has 0 aliphatic carbocycles. The molecule has 3 rings (SSSR count). The number of aromatic nitrogens is 1. The summed E-state index contributed by atoms with van der Waals surface area (Å²) < 4.78 is 0. The van der Waals surface area contributed by atoms with Gasteiger partial charge < -0.3 is 5.11 Å². The van der Waals surface area contributed by atoms with Crippen LogP contribution in [0.2, 0.25) is 0 Å². The number of carboxylic acid groups (broad SMARTS) is 1. The van der Waals surface area contributed by atoms with Crippen molar-refractivity contribution in [2.75, 3.05) is 0 Å². The van der Waals surface area contributed by atoms with Crippen molar-refractivity contribution < 1.29 is 14.7 Å². The summed E-state index contributed by atoms with van der Waals surface area (Å²) in [4.78, 5) is 28.7. The summed E-state index contributed by atoms with van der Waals surface area (Å²) in [5.41, 5.74) is 3.93. The van der Waals surface area contributed by atoms with E-state index < -0.39 is 11.9 Å². The summed E-state index contributed by atoms with van der Waals surface area (Å²) in [6, 6.07) is 17.7. The monoisotopic (exact) mass is 441 g/mol. The van der Waals surface area contributed by atoms with Crippen LogP contribution >= 0.6 is 24.8 Å². The molecule has 2 aromatic carbocycles. The Morgan fingerprint density at radius 2 is 1.70 bits per heavy atom. The Morgan fingerprint density at radius 1 is 1.03 bits per heavy atom. The van der Waals surface area contributed by atoms with Gasteiger partial charge in [0.2, 0.25) is 0 Å². The van der Waals surface area contributed by atoms with Gasteiger partial charge in [0, 0.05) is 23.8 Å². The molecule has 3 aromatic rings. The van der Waals surface area contributed by atoms with Crippen molar-refractivity contribution in [3.63, 3.8) is 0 Å². The molecule has 0 saturated heterocycles. The van der Waals surface area contributed by atoms with Crippen LogP contribution in [-0.4, -0.2) is 21.8 Å². The summed E-state index contributed by atoms with van der Waals surface area (Å²) in [7, 11) is 0. The minimum atomic E-state index is -0.939. The predicted octanol–water partition coefficient (Wildman–Crippen LogP) is 5.49. The van der Waals surface area contributed by atoms with Crippen LogP contribution in [0.15, 0.2) is 60.0 Å². The van der Waals surface area contributed by atoms with Gasteiger partial charge in [0.05, 0.1) is 11.6 Å². The number of rotatable bonds is 9. The first kappa shape index (κ1) is 23.8. The van der Waals surface area contributed by atoms with Gasteiger partial charge in [-0.05, 0) is 23.5 Å². The van der Waals surface area contributed by atoms with Crippen molar-refractivity contribution in [3.05, 3.63) is 76.8 Å². The van der Waals surface area contributed by atoms with Gasteiger partial charge in [-0.2, -0.15) is 13.5 Å². The average Bonchev–Trinajstić information content (AvgIpc) is 3.16. The number of hydrogen-bond acceptors (Lipinski definition) is 4. The van der Waals surface area contributed by atoms with Crippen LogP contribution in [0.5, 0.6) is 0 Å². The maximum atomic E-state index is 12.5. The summed E-state index contributed by atoms with van der Waals surface area (Å²) in [5.74, 6) is -1.27. The largest absolute Gasteiger partial charge is 0.481 e. The molecule has 0 aliphatic rings. The van der Waals surface area contributed by atoms with Gasteiger partial charge in [-0.1, -0.05) is 68.4 Å². The molecule has 1 aromatic heterocycles. The molecule has 30 heavy (non-hydrogen) atoms. The van der Waals surface area contributed by atoms with Crippen molar-refractivity contribution in [1.82, 2.24) is 4.98 Å². The Balaban J connectivity index is 0.00000320. The van der Waals surface area contributed by atoms with E-state index in [1.165, 1.54) is 16.9 Å². The van der Waals surface area contributed by atoms with Crippen LogP contribution in [-0.2, 0) is 22.4 Å². The summed E-state index contributed by atoms with van der Waals surface area (Å²) in [6.45, 7) is 4.31. The fourth-order valence-corrected chi connectivity index (χ4v) is 4.05. The topological polar surface area (TPSA) is 67.3 Å². The molecule has 158 valence electrons. The lowest BCUT2D eigenvalue weighted by Gasteiger charge is -2.11. The van der Waals surface area contributed by atoms with Crippen LogP contribution < -0.4 is 0 Å². The number of carboxylic acids is 1. The SMILES string of the molecule is CC(C)c1ccc(-c2nc(CC(=O)C[C@@H](Cc3ccccc3)C(=O)O)cs2)cc1.S. The second-order valence-electron chi connectivity index (χ2n) is 7.57. The number of aliphatic carboxylic acids is 1. The molecule has 1 N–H and O–H groups in total. The van der Waals surface area contributed by atoms with Gasteiger partial charge in [-0.15, -0.1) is 11.3 Å². The average molecular weight is 442 g/mol. The van der Waals surface area contributed by atoms with Gasteiger partial charge in [0.15, 0.2) is 0 Å². The van der Waals surface area contributed by atoms with Crippen LogP contribution in [0.25, 0.3) is 10.6 Å². The highest BCUT2D eigenvalue weighted by molar-refractivity contribution is 7.59. The lowest BCUT2D eigenvalue weighted by Crippen LogP contribution is -2.21. The number of ketones is 1. The second kappa shape index (κ2) is 11.1. The minimum Gasteiger partial charge on any atom is -0.481 e. The second-order valence-corrected chi connectivity index (χ2v) is 8.42. The molecular formula is C24H27NO3S2. The van der Waals surface area contributed by atoms with E-state index in [1.54, 1.807) is 0 Å². The Kier molecular flexibility index (Phi) is 8.81. The third kappa shape index (κ3) is 6.54. The summed E-state index contributed by atoms with van der Waals surface area (Å²) in [6.07, 6.45) is 0.533. The fourth-order valence-electron chi connectivity index (χ4n) is 3.23. The number of nitrogens with zero attached hydrogens (tertiary/aromatic N) is 1. The molecular weight excluding hydrogens is 414 g/mol. The Labute approximate surface area is 188 Å². The minimum absolute atomic E-state index is 0. The van der Waals surface area contributed by atoms with E-state index in [1.807, 2.05) is 35.7 Å². The molecule has 0 fully saturated rings. The van der Waals surface area contributed by atoms with Crippen molar-refractivity contribution in [2.45, 2.75) is 39.0 Å². The maximum Gasteiger partial charge on any atom is 0.307 e. The highest BCUT2D eigenvalue weighted by Gasteiger charge is 2.22. The molecule has 1 atom stereocenters. The van der Waals surface area contributed by atoms with Crippen molar-refractivity contribution >= 4 is 36.6 Å². The first-order chi connectivity index (χ1) is 13.9. The first-order valence-corrected chi connectivity index (χ1v) is 10.6. The van der Waals surface area contributed by atoms with Crippen LogP contribution in [0, 0.1) is 5.92 Å². The molecule has 0 saturated carbocycles. The molecule has 1 heterocycles. The number of hydrogen-bond donors (Lipinski definition) is 1. The number of carbonyl (C=O) groups is 2. The van der Waals surface area contributed by atoms with Gasteiger partial charge >= 0.3 is 5.97 Å². The third-order valence-corrected chi connectivity index (χ3v) is 5.84. The number of carbonyl (C=O) groups excluding carboxylic acids is 1. The van der Waals surface area contributed by atoms with Crippen LogP contribution in [0.3, 0.4) is 0 Å². The van der Waals surface area contributed by atoms with Crippen LogP contribution in [0.4, 0.5) is 0 Å². The Hall–Kier alpha value is -2.44. The third-order valence-electron chi connectivity index (χ3n) is 4.90.